The number of halogens is 2. The van der Waals surface area contributed by atoms with E-state index in [1.807, 2.05) is 0 Å². The van der Waals surface area contributed by atoms with Crippen LogP contribution in [0.5, 0.6) is 11.5 Å². The van der Waals surface area contributed by atoms with Gasteiger partial charge in [0.1, 0.15) is 17.8 Å². The quantitative estimate of drug-likeness (QED) is 0.537. The second-order valence-corrected chi connectivity index (χ2v) is 8.05. The van der Waals surface area contributed by atoms with Gasteiger partial charge in [0.15, 0.2) is 23.1 Å². The first kappa shape index (κ1) is 22.5. The molecule has 180 valence electrons. The van der Waals surface area contributed by atoms with Gasteiger partial charge in [0.25, 0.3) is 0 Å². The van der Waals surface area contributed by atoms with Crippen molar-refractivity contribution in [1.82, 2.24) is 9.97 Å². The van der Waals surface area contributed by atoms with Gasteiger partial charge in [0, 0.05) is 36.1 Å². The maximum Gasteiger partial charge on any atom is 0.329 e. The molecule has 0 radical (unpaired) electrons. The summed E-state index contributed by atoms with van der Waals surface area (Å²) in [5.74, 6) is -2.66. The second-order valence-electron chi connectivity index (χ2n) is 8.05. The molecule has 5 rings (SSSR count). The number of nitrogens with one attached hydrogen (secondary N) is 1. The molecule has 35 heavy (non-hydrogen) atoms. The number of urea groups is 1. The number of hydrogen-bond acceptors (Lipinski definition) is 7. The molecule has 1 unspecified atom stereocenters. The molecule has 11 heteroatoms. The van der Waals surface area contributed by atoms with Crippen molar-refractivity contribution >= 4 is 29.5 Å². The molecule has 2 aliphatic heterocycles. The third-order valence-corrected chi connectivity index (χ3v) is 6.12. The summed E-state index contributed by atoms with van der Waals surface area (Å²) < 4.78 is 40.8. The lowest BCUT2D eigenvalue weighted by Crippen LogP contribution is -2.48. The van der Waals surface area contributed by atoms with Crippen LogP contribution in [0.3, 0.4) is 0 Å². The van der Waals surface area contributed by atoms with E-state index >= 15 is 8.78 Å². The van der Waals surface area contributed by atoms with E-state index < -0.39 is 29.3 Å². The number of methoxy groups -OCH3 is 2. The average Bonchev–Trinajstić information content (AvgIpc) is 3.30. The zero-order valence-electron chi connectivity index (χ0n) is 18.9. The number of aromatic nitrogens is 2. The SMILES string of the molecule is COc1cc(OC)c(F)c(N2Cc3cnc4c(c3N(Cc3ccccn3)C2=O)C(C=O)CN4)c1F. The molecule has 4 heterocycles. The molecule has 0 aliphatic carbocycles. The molecule has 0 fully saturated rings. The number of nitrogens with zero attached hydrogens (tertiary/aromatic N) is 4. The number of rotatable bonds is 6. The monoisotopic (exact) mass is 481 g/mol. The first-order valence-electron chi connectivity index (χ1n) is 10.8. The molecule has 0 saturated heterocycles. The van der Waals surface area contributed by atoms with Gasteiger partial charge in [-0.3, -0.25) is 14.8 Å². The van der Waals surface area contributed by atoms with Crippen LogP contribution in [0.15, 0.2) is 36.7 Å². The van der Waals surface area contributed by atoms with Crippen LogP contribution < -0.4 is 24.6 Å². The molecule has 1 aromatic carbocycles. The number of ether oxygens (including phenoxy) is 2. The van der Waals surface area contributed by atoms with Gasteiger partial charge in [-0.05, 0) is 12.1 Å². The fraction of sp³-hybridized carbons (Fsp3) is 0.250. The van der Waals surface area contributed by atoms with Gasteiger partial charge in [-0.15, -0.1) is 0 Å². The van der Waals surface area contributed by atoms with Crippen LogP contribution in [0.1, 0.15) is 22.7 Å². The van der Waals surface area contributed by atoms with Crippen molar-refractivity contribution in [3.63, 3.8) is 0 Å². The molecule has 3 aromatic rings. The molecule has 9 nitrogen and oxygen atoms in total. The van der Waals surface area contributed by atoms with Gasteiger partial charge >= 0.3 is 6.03 Å². The van der Waals surface area contributed by atoms with Gasteiger partial charge in [-0.2, -0.15) is 0 Å². The lowest BCUT2D eigenvalue weighted by Gasteiger charge is -2.38. The summed E-state index contributed by atoms with van der Waals surface area (Å²) in [4.78, 5) is 36.7. The van der Waals surface area contributed by atoms with Crippen molar-refractivity contribution < 1.29 is 27.8 Å². The number of fused-ring (bicyclic) bond motifs is 3. The van der Waals surface area contributed by atoms with Crippen molar-refractivity contribution in [2.45, 2.75) is 19.0 Å². The molecule has 1 N–H and O–H groups in total. The minimum atomic E-state index is -1.04. The highest BCUT2D eigenvalue weighted by Gasteiger charge is 2.41. The van der Waals surface area contributed by atoms with Crippen LogP contribution in [0.25, 0.3) is 0 Å². The first-order chi connectivity index (χ1) is 17.0. The summed E-state index contributed by atoms with van der Waals surface area (Å²) in [6.45, 7) is 0.173. The van der Waals surface area contributed by atoms with E-state index in [0.29, 0.717) is 34.9 Å². The normalized spacial score (nSPS) is 16.5. The van der Waals surface area contributed by atoms with Crippen molar-refractivity contribution in [1.29, 1.82) is 0 Å². The highest BCUT2D eigenvalue weighted by atomic mass is 19.1. The van der Waals surface area contributed by atoms with E-state index in [4.69, 9.17) is 9.47 Å². The molecule has 0 spiro atoms. The molecule has 2 amide bonds. The Bertz CT molecular complexity index is 1290. The van der Waals surface area contributed by atoms with E-state index in [0.717, 1.165) is 17.3 Å². The van der Waals surface area contributed by atoms with Crippen LogP contribution in [0.2, 0.25) is 0 Å². The number of benzene rings is 1. The summed E-state index contributed by atoms with van der Waals surface area (Å²) in [7, 11) is 2.47. The summed E-state index contributed by atoms with van der Waals surface area (Å²) in [5, 5.41) is 3.08. The zero-order chi connectivity index (χ0) is 24.7. The molecule has 1 atom stereocenters. The third-order valence-electron chi connectivity index (χ3n) is 6.12. The Kier molecular flexibility index (Phi) is 5.67. The molecular weight excluding hydrogens is 460 g/mol. The third kappa shape index (κ3) is 3.59. The van der Waals surface area contributed by atoms with Crippen molar-refractivity contribution in [2.24, 2.45) is 0 Å². The Morgan fingerprint density at radius 2 is 1.89 bits per heavy atom. The smallest absolute Gasteiger partial charge is 0.329 e. The summed E-state index contributed by atoms with van der Waals surface area (Å²) in [6, 6.07) is 5.63. The highest BCUT2D eigenvalue weighted by Crippen LogP contribution is 2.45. The van der Waals surface area contributed by atoms with E-state index in [2.05, 4.69) is 15.3 Å². The van der Waals surface area contributed by atoms with Crippen molar-refractivity contribution in [3.8, 4) is 11.5 Å². The van der Waals surface area contributed by atoms with E-state index in [1.165, 1.54) is 25.3 Å². The number of carbonyl (C=O) groups excluding carboxylic acids is 2. The maximum atomic E-state index is 15.4. The minimum absolute atomic E-state index is 0.00947. The molecule has 0 bridgehead atoms. The Hall–Kier alpha value is -4.28. The molecule has 2 aliphatic rings. The standard InChI is InChI=1S/C24H21F2N5O4/c1-34-16-7-17(35-2)20(26)22(19(16)25)30-10-13-8-28-23-18(14(12-32)9-29-23)21(13)31(24(30)33)11-15-5-3-4-6-27-15/h3-8,12,14H,9-11H2,1-2H3,(H,28,29). The topological polar surface area (TPSA) is 96.9 Å². The van der Waals surface area contributed by atoms with Crippen LogP contribution >= 0.6 is 0 Å². The van der Waals surface area contributed by atoms with Crippen molar-refractivity contribution in [2.75, 3.05) is 35.9 Å². The van der Waals surface area contributed by atoms with E-state index in [-0.39, 0.29) is 24.6 Å². The van der Waals surface area contributed by atoms with Crippen molar-refractivity contribution in [3.05, 3.63) is 65.1 Å². The number of aldehydes is 1. The Balaban J connectivity index is 1.70. The zero-order valence-corrected chi connectivity index (χ0v) is 18.9. The van der Waals surface area contributed by atoms with Gasteiger partial charge in [-0.25, -0.2) is 18.6 Å². The fourth-order valence-electron chi connectivity index (χ4n) is 4.47. The number of amides is 2. The van der Waals surface area contributed by atoms with Crippen LogP contribution in [-0.4, -0.2) is 43.0 Å². The summed E-state index contributed by atoms with van der Waals surface area (Å²) >= 11 is 0. The number of pyridine rings is 2. The van der Waals surface area contributed by atoms with Gasteiger partial charge in [0.2, 0.25) is 0 Å². The molecule has 2 aromatic heterocycles. The summed E-state index contributed by atoms with van der Waals surface area (Å²) in [5.41, 5.74) is 1.53. The molecule has 0 saturated carbocycles. The minimum Gasteiger partial charge on any atom is -0.493 e. The first-order valence-corrected chi connectivity index (χ1v) is 10.8. The predicted octanol–water partition coefficient (Wildman–Crippen LogP) is 3.63. The average molecular weight is 481 g/mol. The fourth-order valence-corrected chi connectivity index (χ4v) is 4.47. The van der Waals surface area contributed by atoms with Gasteiger partial charge < -0.3 is 19.6 Å². The van der Waals surface area contributed by atoms with E-state index in [9.17, 15) is 9.59 Å². The Labute approximate surface area is 199 Å². The number of carbonyl (C=O) groups is 2. The lowest BCUT2D eigenvalue weighted by molar-refractivity contribution is -0.108. The number of hydrogen-bond donors (Lipinski definition) is 1. The Morgan fingerprint density at radius 1 is 1.14 bits per heavy atom. The van der Waals surface area contributed by atoms with Gasteiger partial charge in [-0.1, -0.05) is 6.07 Å². The maximum absolute atomic E-state index is 15.4. The largest absolute Gasteiger partial charge is 0.493 e. The lowest BCUT2D eigenvalue weighted by atomic mass is 9.97. The van der Waals surface area contributed by atoms with Crippen LogP contribution in [-0.2, 0) is 17.9 Å². The number of anilines is 3. The summed E-state index contributed by atoms with van der Waals surface area (Å²) in [6.07, 6.45) is 3.91. The van der Waals surface area contributed by atoms with Crippen LogP contribution in [0.4, 0.5) is 30.8 Å². The highest BCUT2D eigenvalue weighted by molar-refractivity contribution is 6.08. The second kappa shape index (κ2) is 8.82. The Morgan fingerprint density at radius 3 is 2.51 bits per heavy atom. The van der Waals surface area contributed by atoms with Gasteiger partial charge in [0.05, 0.1) is 44.6 Å². The van der Waals surface area contributed by atoms with E-state index in [1.54, 1.807) is 24.4 Å². The van der Waals surface area contributed by atoms with Crippen LogP contribution in [0, 0.1) is 11.6 Å². The predicted molar refractivity (Wildman–Crippen MR) is 123 cm³/mol. The molecular formula is C24H21F2N5O4.